The predicted molar refractivity (Wildman–Crippen MR) is 96.3 cm³/mol. The summed E-state index contributed by atoms with van der Waals surface area (Å²) in [6, 6.07) is 9.85. The van der Waals surface area contributed by atoms with Crippen LogP contribution in [0.1, 0.15) is 31.7 Å². The van der Waals surface area contributed by atoms with Crippen molar-refractivity contribution in [2.45, 2.75) is 38.8 Å². The molecule has 1 fully saturated rings. The Morgan fingerprint density at radius 2 is 1.92 bits per heavy atom. The number of hydrogen-bond donors (Lipinski definition) is 2. The highest BCUT2D eigenvalue weighted by Gasteiger charge is 2.24. The van der Waals surface area contributed by atoms with E-state index in [-0.39, 0.29) is 17.4 Å². The maximum Gasteiger partial charge on any atom is 0.332 e. The van der Waals surface area contributed by atoms with Gasteiger partial charge in [0.2, 0.25) is 0 Å². The fourth-order valence-electron chi connectivity index (χ4n) is 3.38. The zero-order valence-electron chi connectivity index (χ0n) is 14.2. The average Bonchev–Trinajstić information content (AvgIpc) is 3.00. The molecule has 0 amide bonds. The number of aromatic nitrogens is 2. The molecule has 2 atom stereocenters. The van der Waals surface area contributed by atoms with Crippen LogP contribution in [0, 0.1) is 5.92 Å². The summed E-state index contributed by atoms with van der Waals surface area (Å²) in [6.45, 7) is 2.55. The molecule has 0 spiro atoms. The van der Waals surface area contributed by atoms with Gasteiger partial charge in [-0.2, -0.15) is 0 Å². The first-order valence-electron chi connectivity index (χ1n) is 8.37. The second-order valence-corrected chi connectivity index (χ2v) is 6.74. The molecule has 128 valence electrons. The Labute approximate surface area is 140 Å². The van der Waals surface area contributed by atoms with Crippen molar-refractivity contribution in [2.75, 3.05) is 11.1 Å². The average molecular weight is 328 g/mol. The molecule has 0 aliphatic heterocycles. The second-order valence-electron chi connectivity index (χ2n) is 6.74. The van der Waals surface area contributed by atoms with Gasteiger partial charge in [0.15, 0.2) is 0 Å². The highest BCUT2D eigenvalue weighted by molar-refractivity contribution is 5.61. The third-order valence-electron chi connectivity index (χ3n) is 4.81. The van der Waals surface area contributed by atoms with Gasteiger partial charge in [0.1, 0.15) is 11.5 Å². The lowest BCUT2D eigenvalue weighted by molar-refractivity contribution is 0.601. The van der Waals surface area contributed by atoms with E-state index in [9.17, 15) is 9.59 Å². The van der Waals surface area contributed by atoms with Gasteiger partial charge in [0.25, 0.3) is 5.56 Å². The smallest absolute Gasteiger partial charge is 0.332 e. The van der Waals surface area contributed by atoms with Crippen molar-refractivity contribution in [1.29, 1.82) is 0 Å². The third-order valence-corrected chi connectivity index (χ3v) is 4.81. The fraction of sp³-hybridized carbons (Fsp3) is 0.444. The first kappa shape index (κ1) is 16.4. The van der Waals surface area contributed by atoms with Gasteiger partial charge < -0.3 is 11.1 Å². The van der Waals surface area contributed by atoms with E-state index in [2.05, 4.69) is 12.2 Å². The summed E-state index contributed by atoms with van der Waals surface area (Å²) < 4.78 is 2.58. The molecular weight excluding hydrogens is 304 g/mol. The first-order valence-corrected chi connectivity index (χ1v) is 8.37. The van der Waals surface area contributed by atoms with Crippen molar-refractivity contribution in [2.24, 2.45) is 13.0 Å². The Morgan fingerprint density at radius 1 is 1.21 bits per heavy atom. The van der Waals surface area contributed by atoms with E-state index >= 15 is 0 Å². The summed E-state index contributed by atoms with van der Waals surface area (Å²) in [5, 5.41) is 3.28. The van der Waals surface area contributed by atoms with Crippen molar-refractivity contribution in [3.05, 3.63) is 56.7 Å². The molecule has 3 rings (SSSR count). The van der Waals surface area contributed by atoms with Crippen LogP contribution in [0.15, 0.2) is 39.9 Å². The number of nitrogens with two attached hydrogens (primary N) is 1. The lowest BCUT2D eigenvalue weighted by Gasteiger charge is -2.19. The summed E-state index contributed by atoms with van der Waals surface area (Å²) in [4.78, 5) is 25.0. The zero-order valence-corrected chi connectivity index (χ0v) is 14.2. The Bertz CT molecular complexity index is 839. The molecule has 1 aliphatic carbocycles. The van der Waals surface area contributed by atoms with Gasteiger partial charge in [0.05, 0.1) is 6.54 Å². The number of nitrogen functional groups attached to an aromatic ring is 1. The van der Waals surface area contributed by atoms with Gasteiger partial charge >= 0.3 is 5.69 Å². The van der Waals surface area contributed by atoms with Crippen LogP contribution in [-0.4, -0.2) is 15.2 Å². The molecule has 1 aromatic carbocycles. The van der Waals surface area contributed by atoms with Crippen LogP contribution in [0.25, 0.3) is 0 Å². The van der Waals surface area contributed by atoms with Crippen molar-refractivity contribution in [3.8, 4) is 0 Å². The Balaban J connectivity index is 2.00. The summed E-state index contributed by atoms with van der Waals surface area (Å²) in [7, 11) is 1.49. The van der Waals surface area contributed by atoms with E-state index < -0.39 is 5.69 Å². The predicted octanol–water partition coefficient (Wildman–Crippen LogP) is 1.78. The van der Waals surface area contributed by atoms with E-state index in [0.717, 1.165) is 29.4 Å². The van der Waals surface area contributed by atoms with Gasteiger partial charge in [-0.05, 0) is 30.7 Å². The molecule has 24 heavy (non-hydrogen) atoms. The molecule has 1 aromatic heterocycles. The molecule has 2 unspecified atom stereocenters. The van der Waals surface area contributed by atoms with Crippen LogP contribution in [0.3, 0.4) is 0 Å². The van der Waals surface area contributed by atoms with E-state index in [1.54, 1.807) is 0 Å². The van der Waals surface area contributed by atoms with E-state index in [1.165, 1.54) is 11.6 Å². The molecule has 1 heterocycles. The van der Waals surface area contributed by atoms with Crippen molar-refractivity contribution in [1.82, 2.24) is 9.13 Å². The number of rotatable bonds is 4. The maximum absolute atomic E-state index is 12.5. The molecule has 3 N–H and O–H groups in total. The Kier molecular flexibility index (Phi) is 4.46. The second kappa shape index (κ2) is 6.55. The summed E-state index contributed by atoms with van der Waals surface area (Å²) >= 11 is 0. The molecule has 2 aromatic rings. The van der Waals surface area contributed by atoms with Crippen molar-refractivity contribution in [3.63, 3.8) is 0 Å². The molecule has 1 saturated carbocycles. The molecule has 6 heteroatoms. The van der Waals surface area contributed by atoms with Crippen LogP contribution >= 0.6 is 0 Å². The van der Waals surface area contributed by atoms with E-state index in [0.29, 0.717) is 18.2 Å². The highest BCUT2D eigenvalue weighted by Crippen LogP contribution is 2.27. The Hall–Kier alpha value is -2.50. The van der Waals surface area contributed by atoms with Gasteiger partial charge in [-0.25, -0.2) is 4.79 Å². The van der Waals surface area contributed by atoms with Gasteiger partial charge in [-0.15, -0.1) is 0 Å². The number of hydrogen-bond acceptors (Lipinski definition) is 4. The van der Waals surface area contributed by atoms with Gasteiger partial charge in [-0.1, -0.05) is 37.3 Å². The topological polar surface area (TPSA) is 82.0 Å². The molecule has 0 saturated heterocycles. The molecular formula is C18H24N4O2. The van der Waals surface area contributed by atoms with Crippen molar-refractivity contribution < 1.29 is 0 Å². The third kappa shape index (κ3) is 3.09. The van der Waals surface area contributed by atoms with Crippen LogP contribution in [0.5, 0.6) is 0 Å². The monoisotopic (exact) mass is 328 g/mol. The largest absolute Gasteiger partial charge is 0.383 e. The number of anilines is 2. The van der Waals surface area contributed by atoms with Crippen molar-refractivity contribution >= 4 is 11.5 Å². The quantitative estimate of drug-likeness (QED) is 0.896. The van der Waals surface area contributed by atoms with Crippen LogP contribution in [0.4, 0.5) is 11.5 Å². The van der Waals surface area contributed by atoms with Crippen LogP contribution in [0.2, 0.25) is 0 Å². The van der Waals surface area contributed by atoms with Gasteiger partial charge in [-0.3, -0.25) is 13.9 Å². The minimum absolute atomic E-state index is 0.214. The number of nitrogens with zero attached hydrogens (tertiary/aromatic N) is 2. The summed E-state index contributed by atoms with van der Waals surface area (Å²) in [6.07, 6.45) is 3.17. The molecule has 0 bridgehead atoms. The lowest BCUT2D eigenvalue weighted by Crippen LogP contribution is -2.41. The molecule has 0 radical (unpaired) electrons. The van der Waals surface area contributed by atoms with E-state index in [4.69, 9.17) is 5.73 Å². The highest BCUT2D eigenvalue weighted by atomic mass is 16.2. The summed E-state index contributed by atoms with van der Waals surface area (Å²) in [5.74, 6) is 0.856. The molecule has 6 nitrogen and oxygen atoms in total. The Morgan fingerprint density at radius 3 is 2.54 bits per heavy atom. The zero-order chi connectivity index (χ0) is 17.3. The first-order chi connectivity index (χ1) is 11.5. The summed E-state index contributed by atoms with van der Waals surface area (Å²) in [5.41, 5.74) is 6.75. The van der Waals surface area contributed by atoms with Crippen LogP contribution in [-0.2, 0) is 13.6 Å². The minimum atomic E-state index is -0.397. The molecule has 1 aliphatic rings. The van der Waals surface area contributed by atoms with E-state index in [1.807, 2.05) is 30.3 Å². The normalized spacial score (nSPS) is 20.2. The lowest BCUT2D eigenvalue weighted by atomic mass is 10.1. The van der Waals surface area contributed by atoms with Crippen LogP contribution < -0.4 is 22.3 Å². The minimum Gasteiger partial charge on any atom is -0.383 e. The maximum atomic E-state index is 12.5. The standard InChI is InChI=1S/C18H24N4O2/c1-12-8-9-14(10-12)20-15-16(19)22(18(24)21(2)17(15)23)11-13-6-4-3-5-7-13/h3-7,12,14,20H,8-11,19H2,1-2H3. The SMILES string of the molecule is CC1CCC(Nc2c(N)n(Cc3ccccc3)c(=O)n(C)c2=O)C1. The number of benzene rings is 1. The fourth-order valence-corrected chi connectivity index (χ4v) is 3.38. The van der Waals surface area contributed by atoms with Gasteiger partial charge in [0, 0.05) is 13.1 Å². The number of nitrogens with one attached hydrogen (secondary N) is 1.